The highest BCUT2D eigenvalue weighted by Gasteiger charge is 2.45. The smallest absolute Gasteiger partial charge is 0.410 e. The Balaban J connectivity index is 1.62. The van der Waals surface area contributed by atoms with Gasteiger partial charge in [0.1, 0.15) is 5.82 Å². The average Bonchev–Trinajstić information content (AvgIpc) is 3.08. The van der Waals surface area contributed by atoms with Crippen LogP contribution in [0, 0.1) is 0 Å². The number of rotatable bonds is 5. The topological polar surface area (TPSA) is 145 Å². The maximum atomic E-state index is 13.3. The molecule has 1 aromatic carbocycles. The molecule has 168 valence electrons. The number of ether oxygens (including phenoxy) is 1. The molecule has 1 aromatic heterocycles. The zero-order valence-corrected chi connectivity index (χ0v) is 16.8. The Morgan fingerprint density at radius 2 is 1.97 bits per heavy atom. The number of carbonyl (C=O) groups excluding carboxylic acids is 2. The first-order valence-corrected chi connectivity index (χ1v) is 10.4. The van der Waals surface area contributed by atoms with Crippen molar-refractivity contribution < 1.29 is 35.9 Å². The average molecular weight is 461 g/mol. The number of sulfonamides is 1. The number of halogens is 3. The fourth-order valence-electron chi connectivity index (χ4n) is 2.99. The van der Waals surface area contributed by atoms with E-state index < -0.39 is 46.8 Å². The lowest BCUT2D eigenvalue weighted by molar-refractivity contribution is -0.173. The number of benzene rings is 1. The summed E-state index contributed by atoms with van der Waals surface area (Å²) in [4.78, 5) is 23.9. The molecule has 2 heterocycles. The Morgan fingerprint density at radius 1 is 1.32 bits per heavy atom. The molecule has 0 aliphatic carbocycles. The number of hydrogen-bond donors (Lipinski definition) is 3. The highest BCUT2D eigenvalue weighted by Crippen LogP contribution is 2.39. The molecule has 0 spiro atoms. The second-order valence-electron chi connectivity index (χ2n) is 6.89. The molecule has 10 nitrogen and oxygen atoms in total. The lowest BCUT2D eigenvalue weighted by atomic mass is 10.1. The number of hydrogen-bond acceptors (Lipinski definition) is 7. The maximum Gasteiger partial charge on any atom is 0.410 e. The van der Waals surface area contributed by atoms with Crippen molar-refractivity contribution in [2.45, 2.75) is 36.5 Å². The highest BCUT2D eigenvalue weighted by atomic mass is 32.2. The van der Waals surface area contributed by atoms with Gasteiger partial charge in [0.25, 0.3) is 5.91 Å². The molecule has 0 saturated carbocycles. The third-order valence-corrected chi connectivity index (χ3v) is 5.32. The fourth-order valence-corrected chi connectivity index (χ4v) is 3.50. The molecule has 0 radical (unpaired) electrons. The third kappa shape index (κ3) is 5.32. The van der Waals surface area contributed by atoms with Crippen LogP contribution in [0.5, 0.6) is 0 Å². The van der Waals surface area contributed by atoms with Crippen LogP contribution in [0.3, 0.4) is 0 Å². The molecule has 2 unspecified atom stereocenters. The van der Waals surface area contributed by atoms with E-state index in [1.54, 1.807) is 6.92 Å². The maximum absolute atomic E-state index is 13.3. The molecule has 14 heteroatoms. The third-order valence-electron chi connectivity index (χ3n) is 4.39. The molecule has 1 aliphatic heterocycles. The Bertz CT molecular complexity index is 1100. The Hall–Kier alpha value is -3.13. The van der Waals surface area contributed by atoms with Gasteiger partial charge >= 0.3 is 12.1 Å². The molecular formula is C17H18F3N5O5S. The molecule has 2 atom stereocenters. The van der Waals surface area contributed by atoms with Crippen LogP contribution >= 0.6 is 0 Å². The van der Waals surface area contributed by atoms with E-state index in [1.165, 1.54) is 24.3 Å². The molecule has 1 amide bonds. The van der Waals surface area contributed by atoms with E-state index in [0.29, 0.717) is 4.68 Å². The number of alkyl halides is 3. The summed E-state index contributed by atoms with van der Waals surface area (Å²) >= 11 is 0. The van der Waals surface area contributed by atoms with E-state index in [1.807, 2.05) is 0 Å². The van der Waals surface area contributed by atoms with Crippen LogP contribution in [0.4, 0.5) is 24.7 Å². The predicted molar refractivity (Wildman–Crippen MR) is 102 cm³/mol. The number of amides is 1. The summed E-state index contributed by atoms with van der Waals surface area (Å²) in [5.74, 6) is -1.80. The summed E-state index contributed by atoms with van der Waals surface area (Å²) in [7, 11) is -3.89. The van der Waals surface area contributed by atoms with Gasteiger partial charge in [0.05, 0.1) is 4.90 Å². The van der Waals surface area contributed by atoms with Crippen molar-refractivity contribution in [2.75, 3.05) is 17.2 Å². The van der Waals surface area contributed by atoms with E-state index in [9.17, 15) is 31.2 Å². The molecule has 0 fully saturated rings. The molecule has 0 saturated heterocycles. The van der Waals surface area contributed by atoms with Gasteiger partial charge in [-0.1, -0.05) is 0 Å². The number of nitrogens with zero attached hydrogens (tertiary/aromatic N) is 2. The van der Waals surface area contributed by atoms with Crippen molar-refractivity contribution in [1.29, 1.82) is 0 Å². The van der Waals surface area contributed by atoms with Gasteiger partial charge in [-0.15, -0.1) is 0 Å². The lowest BCUT2D eigenvalue weighted by Crippen LogP contribution is -2.37. The minimum Gasteiger partial charge on any atom is -0.451 e. The molecule has 4 N–H and O–H groups in total. The molecule has 1 aliphatic rings. The second kappa shape index (κ2) is 8.19. The molecule has 0 bridgehead atoms. The number of primary sulfonamides is 1. The summed E-state index contributed by atoms with van der Waals surface area (Å²) in [6.45, 7) is 0.845. The number of carbonyl (C=O) groups is 2. The first-order valence-electron chi connectivity index (χ1n) is 8.87. The number of fused-ring (bicyclic) bond motifs is 1. The van der Waals surface area contributed by atoms with Crippen LogP contribution < -0.4 is 15.8 Å². The Labute approximate surface area is 174 Å². The van der Waals surface area contributed by atoms with E-state index in [4.69, 9.17) is 9.88 Å². The van der Waals surface area contributed by atoms with Gasteiger partial charge in [-0.2, -0.15) is 18.3 Å². The van der Waals surface area contributed by atoms with Gasteiger partial charge in [-0.3, -0.25) is 4.79 Å². The van der Waals surface area contributed by atoms with E-state index in [0.717, 1.165) is 6.07 Å². The van der Waals surface area contributed by atoms with Crippen molar-refractivity contribution in [3.8, 4) is 0 Å². The monoisotopic (exact) mass is 461 g/mol. The van der Waals surface area contributed by atoms with Gasteiger partial charge in [0.15, 0.2) is 18.3 Å². The first kappa shape index (κ1) is 22.6. The number of nitrogens with two attached hydrogens (primary N) is 1. The summed E-state index contributed by atoms with van der Waals surface area (Å²) in [6, 6.07) is 3.69. The van der Waals surface area contributed by atoms with Gasteiger partial charge in [-0.05, 0) is 37.6 Å². The van der Waals surface area contributed by atoms with Crippen LogP contribution in [-0.2, 0) is 19.6 Å². The van der Waals surface area contributed by atoms with Crippen molar-refractivity contribution in [3.63, 3.8) is 0 Å². The quantitative estimate of drug-likeness (QED) is 0.574. The van der Waals surface area contributed by atoms with Crippen molar-refractivity contribution >= 4 is 33.4 Å². The van der Waals surface area contributed by atoms with Gasteiger partial charge in [0, 0.05) is 17.8 Å². The van der Waals surface area contributed by atoms with Gasteiger partial charge in [-0.25, -0.2) is 23.0 Å². The predicted octanol–water partition coefficient (Wildman–Crippen LogP) is 1.63. The molecule has 3 rings (SSSR count). The highest BCUT2D eigenvalue weighted by molar-refractivity contribution is 7.89. The van der Waals surface area contributed by atoms with Crippen LogP contribution in [0.2, 0.25) is 0 Å². The van der Waals surface area contributed by atoms with Crippen LogP contribution in [0.25, 0.3) is 0 Å². The van der Waals surface area contributed by atoms with E-state index in [2.05, 4.69) is 15.7 Å². The van der Waals surface area contributed by atoms with Crippen LogP contribution in [0.1, 0.15) is 29.9 Å². The largest absolute Gasteiger partial charge is 0.451 e. The molecule has 2 aromatic rings. The second-order valence-corrected chi connectivity index (χ2v) is 8.45. The zero-order chi connectivity index (χ0) is 23.0. The minimum atomic E-state index is -4.54. The zero-order valence-electron chi connectivity index (χ0n) is 16.0. The summed E-state index contributed by atoms with van der Waals surface area (Å²) in [5.41, 5.74) is -0.159. The van der Waals surface area contributed by atoms with Crippen molar-refractivity contribution in [1.82, 2.24) is 9.78 Å². The number of anilines is 2. The number of nitrogens with one attached hydrogen (secondary N) is 2. The van der Waals surface area contributed by atoms with Crippen molar-refractivity contribution in [3.05, 3.63) is 36.0 Å². The SMILES string of the molecule is CC1CC(C(F)(F)F)n2nc(C(=O)OCC(=O)Nc3ccc(S(N)(=O)=O)cc3)cc2N1. The Kier molecular flexibility index (Phi) is 5.96. The Morgan fingerprint density at radius 3 is 2.55 bits per heavy atom. The van der Waals surface area contributed by atoms with E-state index in [-0.39, 0.29) is 28.5 Å². The van der Waals surface area contributed by atoms with Crippen LogP contribution in [-0.4, -0.2) is 48.9 Å². The molecule has 31 heavy (non-hydrogen) atoms. The summed E-state index contributed by atoms with van der Waals surface area (Å²) in [6.07, 6.45) is -4.80. The standard InChI is InChI=1S/C17H18F3N5O5S/c1-9-6-13(17(18,19)20)25-14(22-9)7-12(24-25)16(27)30-8-15(26)23-10-2-4-11(5-3-10)31(21,28)29/h2-5,7,9,13,22H,6,8H2,1H3,(H,23,26)(H2,21,28,29). The van der Waals surface area contributed by atoms with Crippen LogP contribution in [0.15, 0.2) is 35.2 Å². The number of aromatic nitrogens is 2. The lowest BCUT2D eigenvalue weighted by Gasteiger charge is -2.31. The van der Waals surface area contributed by atoms with Gasteiger partial charge in [0.2, 0.25) is 10.0 Å². The van der Waals surface area contributed by atoms with Crippen molar-refractivity contribution in [2.24, 2.45) is 5.14 Å². The first-order chi connectivity index (χ1) is 14.3. The fraction of sp³-hybridized carbons (Fsp3) is 0.353. The van der Waals surface area contributed by atoms with Gasteiger partial charge < -0.3 is 15.4 Å². The summed E-state index contributed by atoms with van der Waals surface area (Å²) in [5, 5.41) is 13.8. The normalized spacial score (nSPS) is 18.6. The number of esters is 1. The molecular weight excluding hydrogens is 443 g/mol. The van der Waals surface area contributed by atoms with E-state index >= 15 is 0 Å². The summed E-state index contributed by atoms with van der Waals surface area (Å²) < 4.78 is 67.7. The minimum absolute atomic E-state index is 0.0208.